The minimum absolute atomic E-state index is 0.0408. The van der Waals surface area contributed by atoms with Crippen molar-refractivity contribution >= 4 is 23.1 Å². The van der Waals surface area contributed by atoms with Crippen LogP contribution in [-0.4, -0.2) is 22.4 Å². The number of alkyl halides is 3. The lowest BCUT2D eigenvalue weighted by Gasteiger charge is -2.10. The first kappa shape index (κ1) is 17.8. The van der Waals surface area contributed by atoms with Crippen LogP contribution in [0.1, 0.15) is 0 Å². The smallest absolute Gasteiger partial charge is 0.502 e. The summed E-state index contributed by atoms with van der Waals surface area (Å²) >= 11 is 0. The van der Waals surface area contributed by atoms with E-state index in [1.807, 2.05) is 0 Å². The molecule has 2 aromatic rings. The van der Waals surface area contributed by atoms with E-state index in [1.54, 1.807) is 0 Å². The van der Waals surface area contributed by atoms with Crippen LogP contribution >= 0.6 is 0 Å². The molecule has 2 rings (SSSR count). The van der Waals surface area contributed by atoms with Crippen molar-refractivity contribution in [2.75, 3.05) is 10.6 Å². The summed E-state index contributed by atoms with van der Waals surface area (Å²) < 4.78 is 39.8. The van der Waals surface area contributed by atoms with E-state index in [0.29, 0.717) is 0 Å². The number of aromatic hydroxyl groups is 1. The van der Waals surface area contributed by atoms with Crippen LogP contribution in [0.5, 0.6) is 11.5 Å². The third kappa shape index (κ3) is 5.27. The maximum atomic E-state index is 12.0. The van der Waals surface area contributed by atoms with Crippen molar-refractivity contribution in [2.24, 2.45) is 0 Å². The Kier molecular flexibility index (Phi) is 4.96. The van der Waals surface area contributed by atoms with E-state index in [4.69, 9.17) is 0 Å². The van der Waals surface area contributed by atoms with Gasteiger partial charge in [0, 0.05) is 17.4 Å². The van der Waals surface area contributed by atoms with Crippen molar-refractivity contribution in [3.05, 3.63) is 52.6 Å². The Morgan fingerprint density at radius 3 is 2.20 bits per heavy atom. The predicted octanol–water partition coefficient (Wildman–Crippen LogP) is 3.84. The quantitative estimate of drug-likeness (QED) is 0.437. The topological polar surface area (TPSA) is 114 Å². The monoisotopic (exact) mass is 357 g/mol. The number of halogens is 3. The molecule has 2 amide bonds. The second kappa shape index (κ2) is 6.95. The van der Waals surface area contributed by atoms with E-state index in [9.17, 15) is 33.2 Å². The van der Waals surface area contributed by atoms with Gasteiger partial charge in [0.2, 0.25) is 0 Å². The minimum atomic E-state index is -4.82. The van der Waals surface area contributed by atoms with Crippen LogP contribution in [0.25, 0.3) is 0 Å². The second-order valence-electron chi connectivity index (χ2n) is 4.61. The van der Waals surface area contributed by atoms with Gasteiger partial charge in [-0.3, -0.25) is 10.1 Å². The van der Waals surface area contributed by atoms with Crippen LogP contribution in [-0.2, 0) is 0 Å². The Labute approximate surface area is 138 Å². The number of nitro benzene ring substituents is 1. The van der Waals surface area contributed by atoms with Gasteiger partial charge in [0.05, 0.1) is 4.92 Å². The Bertz CT molecular complexity index is 793. The van der Waals surface area contributed by atoms with Crippen molar-refractivity contribution in [3.63, 3.8) is 0 Å². The summed E-state index contributed by atoms with van der Waals surface area (Å²) in [5.41, 5.74) is -0.384. The molecule has 11 heteroatoms. The van der Waals surface area contributed by atoms with Gasteiger partial charge in [0.1, 0.15) is 5.75 Å². The normalized spacial score (nSPS) is 10.8. The van der Waals surface area contributed by atoms with E-state index in [0.717, 1.165) is 24.3 Å². The first-order valence-corrected chi connectivity index (χ1v) is 6.55. The average molecular weight is 357 g/mol. The second-order valence-corrected chi connectivity index (χ2v) is 4.61. The molecule has 0 aromatic heterocycles. The lowest BCUT2D eigenvalue weighted by molar-refractivity contribution is -0.385. The van der Waals surface area contributed by atoms with Crippen LogP contribution in [0, 0.1) is 10.1 Å². The third-order valence-corrected chi connectivity index (χ3v) is 2.78. The molecule has 0 heterocycles. The number of amides is 2. The molecule has 132 valence electrons. The molecule has 8 nitrogen and oxygen atoms in total. The molecule has 3 N–H and O–H groups in total. The molecule has 0 saturated heterocycles. The van der Waals surface area contributed by atoms with Crippen LogP contribution in [0.4, 0.5) is 35.0 Å². The zero-order valence-electron chi connectivity index (χ0n) is 12.2. The number of hydrogen-bond donors (Lipinski definition) is 3. The summed E-state index contributed by atoms with van der Waals surface area (Å²) in [6, 6.07) is 6.82. The number of phenolic OH excluding ortho intramolecular Hbond substituents is 1. The third-order valence-electron chi connectivity index (χ3n) is 2.78. The summed E-state index contributed by atoms with van der Waals surface area (Å²) in [5.74, 6) is -1.01. The van der Waals surface area contributed by atoms with Gasteiger partial charge in [0.25, 0.3) is 0 Å². The molecule has 0 aliphatic heterocycles. The highest BCUT2D eigenvalue weighted by atomic mass is 19.4. The first-order chi connectivity index (χ1) is 11.6. The number of urea groups is 1. The molecule has 0 spiro atoms. The van der Waals surface area contributed by atoms with Gasteiger partial charge in [0.15, 0.2) is 5.75 Å². The number of phenols is 1. The summed E-state index contributed by atoms with van der Waals surface area (Å²) in [4.78, 5) is 21.7. The minimum Gasteiger partial charge on any atom is -0.502 e. The number of ether oxygens (including phenoxy) is 1. The van der Waals surface area contributed by atoms with Gasteiger partial charge in [-0.15, -0.1) is 13.2 Å². The number of nitro groups is 1. The number of hydrogen-bond acceptors (Lipinski definition) is 5. The van der Waals surface area contributed by atoms with E-state index in [-0.39, 0.29) is 11.4 Å². The van der Waals surface area contributed by atoms with Crippen LogP contribution in [0.3, 0.4) is 0 Å². The van der Waals surface area contributed by atoms with Gasteiger partial charge in [-0.25, -0.2) is 4.79 Å². The highest BCUT2D eigenvalue weighted by molar-refractivity contribution is 6.00. The Hall–Kier alpha value is -3.50. The number of carbonyl (C=O) groups excluding carboxylic acids is 1. The van der Waals surface area contributed by atoms with E-state index < -0.39 is 34.5 Å². The molecular formula is C14H10F3N3O5. The molecule has 2 aromatic carbocycles. The maximum absolute atomic E-state index is 12.0. The fraction of sp³-hybridized carbons (Fsp3) is 0.0714. The molecule has 0 aliphatic carbocycles. The lowest BCUT2D eigenvalue weighted by Crippen LogP contribution is -2.19. The summed E-state index contributed by atoms with van der Waals surface area (Å²) in [6.45, 7) is 0. The van der Waals surface area contributed by atoms with Crippen molar-refractivity contribution in [1.82, 2.24) is 0 Å². The Morgan fingerprint density at radius 2 is 1.64 bits per heavy atom. The van der Waals surface area contributed by atoms with Gasteiger partial charge in [-0.05, 0) is 36.4 Å². The highest BCUT2D eigenvalue weighted by Gasteiger charge is 2.30. The lowest BCUT2D eigenvalue weighted by atomic mass is 10.2. The van der Waals surface area contributed by atoms with Crippen molar-refractivity contribution in [1.29, 1.82) is 0 Å². The molecule has 25 heavy (non-hydrogen) atoms. The zero-order chi connectivity index (χ0) is 18.6. The van der Waals surface area contributed by atoms with Gasteiger partial charge in [-0.2, -0.15) is 0 Å². The van der Waals surface area contributed by atoms with Crippen LogP contribution in [0.2, 0.25) is 0 Å². The molecular weight excluding hydrogens is 347 g/mol. The molecule has 0 aliphatic rings. The van der Waals surface area contributed by atoms with Gasteiger partial charge < -0.3 is 20.5 Å². The fourth-order valence-corrected chi connectivity index (χ4v) is 1.78. The molecule has 0 unspecified atom stereocenters. The molecule has 0 radical (unpaired) electrons. The van der Waals surface area contributed by atoms with Crippen LogP contribution < -0.4 is 15.4 Å². The average Bonchev–Trinajstić information content (AvgIpc) is 2.49. The van der Waals surface area contributed by atoms with Crippen LogP contribution in [0.15, 0.2) is 42.5 Å². The van der Waals surface area contributed by atoms with Crippen molar-refractivity contribution in [3.8, 4) is 11.5 Å². The predicted molar refractivity (Wildman–Crippen MR) is 80.5 cm³/mol. The number of carbonyl (C=O) groups is 1. The van der Waals surface area contributed by atoms with Gasteiger partial charge >= 0.3 is 18.1 Å². The standard InChI is InChI=1S/C14H10F3N3O5/c15-14(16,17)25-10-4-1-8(2-5-10)18-13(22)19-9-3-6-12(21)11(7-9)20(23)24/h1-7,21H,(H2,18,19,22). The first-order valence-electron chi connectivity index (χ1n) is 6.55. The van der Waals surface area contributed by atoms with Crippen molar-refractivity contribution in [2.45, 2.75) is 6.36 Å². The number of benzene rings is 2. The number of rotatable bonds is 4. The van der Waals surface area contributed by atoms with Crippen molar-refractivity contribution < 1.29 is 32.7 Å². The highest BCUT2D eigenvalue weighted by Crippen LogP contribution is 2.28. The van der Waals surface area contributed by atoms with E-state index in [1.165, 1.54) is 18.2 Å². The molecule has 0 saturated carbocycles. The largest absolute Gasteiger partial charge is 0.573 e. The van der Waals surface area contributed by atoms with E-state index in [2.05, 4.69) is 15.4 Å². The number of anilines is 2. The maximum Gasteiger partial charge on any atom is 0.573 e. The summed E-state index contributed by atoms with van der Waals surface area (Å²) in [5, 5.41) is 24.6. The number of nitrogens with one attached hydrogen (secondary N) is 2. The molecule has 0 atom stereocenters. The van der Waals surface area contributed by atoms with Gasteiger partial charge in [-0.1, -0.05) is 0 Å². The summed E-state index contributed by atoms with van der Waals surface area (Å²) in [6.07, 6.45) is -4.82. The SMILES string of the molecule is O=C(Nc1ccc(OC(F)(F)F)cc1)Nc1ccc(O)c([N+](=O)[O-])c1. The molecule has 0 bridgehead atoms. The van der Waals surface area contributed by atoms with E-state index >= 15 is 0 Å². The Morgan fingerprint density at radius 1 is 1.08 bits per heavy atom. The molecule has 0 fully saturated rings. The summed E-state index contributed by atoms with van der Waals surface area (Å²) in [7, 11) is 0. The Balaban J connectivity index is 2.01. The fourth-order valence-electron chi connectivity index (χ4n) is 1.78. The number of nitrogens with zero attached hydrogens (tertiary/aromatic N) is 1. The zero-order valence-corrected chi connectivity index (χ0v) is 12.2.